The number of benzene rings is 1. The van der Waals surface area contributed by atoms with Gasteiger partial charge in [0.1, 0.15) is 0 Å². The molecule has 106 valence electrons. The topological polar surface area (TPSA) is 68.0 Å². The van der Waals surface area contributed by atoms with E-state index < -0.39 is 24.1 Å². The smallest absolute Gasteiger partial charge is 0.418 e. The molecular formula is C11H7ClF3N3O2. The van der Waals surface area contributed by atoms with Crippen LogP contribution in [0.1, 0.15) is 11.3 Å². The molecule has 0 saturated heterocycles. The molecule has 1 heterocycles. The van der Waals surface area contributed by atoms with Gasteiger partial charge in [-0.3, -0.25) is 4.79 Å². The zero-order valence-corrected chi connectivity index (χ0v) is 10.5. The molecule has 5 nitrogen and oxygen atoms in total. The Bertz CT molecular complexity index is 655. The molecule has 0 radical (unpaired) electrons. The fourth-order valence-corrected chi connectivity index (χ4v) is 1.83. The van der Waals surface area contributed by atoms with E-state index in [0.29, 0.717) is 0 Å². The van der Waals surface area contributed by atoms with Crippen molar-refractivity contribution in [2.75, 3.05) is 0 Å². The summed E-state index contributed by atoms with van der Waals surface area (Å²) in [6.45, 7) is 0. The van der Waals surface area contributed by atoms with Gasteiger partial charge in [0.15, 0.2) is 0 Å². The molecular weight excluding hydrogens is 299 g/mol. The Morgan fingerprint density at radius 1 is 1.40 bits per heavy atom. The molecule has 20 heavy (non-hydrogen) atoms. The summed E-state index contributed by atoms with van der Waals surface area (Å²) in [6, 6.07) is 3.13. The maximum atomic E-state index is 13.0. The third-order valence-corrected chi connectivity index (χ3v) is 2.68. The van der Waals surface area contributed by atoms with Crippen LogP contribution in [0.5, 0.6) is 0 Å². The molecule has 0 aliphatic heterocycles. The molecule has 0 spiro atoms. The Kier molecular flexibility index (Phi) is 3.67. The SMILES string of the molecule is O=C(O)Cc1cnnn1-c1ccc(Cl)cc1C(F)(F)F. The summed E-state index contributed by atoms with van der Waals surface area (Å²) in [5, 5.41) is 15.6. The number of rotatable bonds is 3. The fraction of sp³-hybridized carbons (Fsp3) is 0.182. The van der Waals surface area contributed by atoms with Crippen molar-refractivity contribution in [2.24, 2.45) is 0 Å². The molecule has 0 saturated carbocycles. The first-order valence-electron chi connectivity index (χ1n) is 5.27. The number of hydrogen-bond acceptors (Lipinski definition) is 3. The highest BCUT2D eigenvalue weighted by molar-refractivity contribution is 6.30. The van der Waals surface area contributed by atoms with Crippen molar-refractivity contribution in [2.45, 2.75) is 12.6 Å². The number of nitrogens with zero attached hydrogens (tertiary/aromatic N) is 3. The highest BCUT2D eigenvalue weighted by atomic mass is 35.5. The van der Waals surface area contributed by atoms with Crippen LogP contribution in [0.4, 0.5) is 13.2 Å². The zero-order valence-electron chi connectivity index (χ0n) is 9.73. The summed E-state index contributed by atoms with van der Waals surface area (Å²) < 4.78 is 39.8. The van der Waals surface area contributed by atoms with Crippen molar-refractivity contribution in [3.05, 3.63) is 40.7 Å². The fourth-order valence-electron chi connectivity index (χ4n) is 1.65. The Balaban J connectivity index is 2.59. The van der Waals surface area contributed by atoms with Crippen molar-refractivity contribution in [1.82, 2.24) is 15.0 Å². The lowest BCUT2D eigenvalue weighted by atomic mass is 10.1. The van der Waals surface area contributed by atoms with E-state index in [4.69, 9.17) is 16.7 Å². The van der Waals surface area contributed by atoms with Gasteiger partial charge in [-0.25, -0.2) is 4.68 Å². The number of aliphatic carboxylic acids is 1. The average molecular weight is 306 g/mol. The van der Waals surface area contributed by atoms with E-state index in [2.05, 4.69) is 10.3 Å². The van der Waals surface area contributed by atoms with Gasteiger partial charge in [-0.15, -0.1) is 5.10 Å². The van der Waals surface area contributed by atoms with Gasteiger partial charge < -0.3 is 5.11 Å². The quantitative estimate of drug-likeness (QED) is 0.946. The minimum absolute atomic E-state index is 0.0327. The molecule has 0 atom stereocenters. The van der Waals surface area contributed by atoms with Gasteiger partial charge in [-0.2, -0.15) is 13.2 Å². The average Bonchev–Trinajstić information content (AvgIpc) is 2.75. The summed E-state index contributed by atoms with van der Waals surface area (Å²) in [5.74, 6) is -1.20. The molecule has 2 aromatic rings. The molecule has 0 bridgehead atoms. The van der Waals surface area contributed by atoms with E-state index in [1.54, 1.807) is 0 Å². The van der Waals surface area contributed by atoms with Crippen molar-refractivity contribution in [1.29, 1.82) is 0 Å². The number of carbonyl (C=O) groups is 1. The number of carboxylic acid groups (broad SMARTS) is 1. The third kappa shape index (κ3) is 2.90. The third-order valence-electron chi connectivity index (χ3n) is 2.44. The summed E-state index contributed by atoms with van der Waals surface area (Å²) in [6.07, 6.45) is -4.04. The van der Waals surface area contributed by atoms with Crippen LogP contribution in [0.3, 0.4) is 0 Å². The Morgan fingerprint density at radius 2 is 2.10 bits per heavy atom. The lowest BCUT2D eigenvalue weighted by Gasteiger charge is -2.14. The molecule has 0 aliphatic carbocycles. The van der Waals surface area contributed by atoms with Crippen LogP contribution >= 0.6 is 11.6 Å². The van der Waals surface area contributed by atoms with Gasteiger partial charge in [0.05, 0.1) is 29.6 Å². The number of hydrogen-bond donors (Lipinski definition) is 1. The number of aromatic nitrogens is 3. The van der Waals surface area contributed by atoms with E-state index >= 15 is 0 Å². The van der Waals surface area contributed by atoms with E-state index in [9.17, 15) is 18.0 Å². The van der Waals surface area contributed by atoms with Crippen molar-refractivity contribution in [3.8, 4) is 5.69 Å². The summed E-state index contributed by atoms with van der Waals surface area (Å²) >= 11 is 5.57. The molecule has 1 N–H and O–H groups in total. The van der Waals surface area contributed by atoms with Gasteiger partial charge in [0, 0.05) is 5.02 Å². The molecule has 2 rings (SSSR count). The van der Waals surface area contributed by atoms with Crippen molar-refractivity contribution in [3.63, 3.8) is 0 Å². The van der Waals surface area contributed by atoms with Crippen LogP contribution in [0, 0.1) is 0 Å². The molecule has 0 fully saturated rings. The monoisotopic (exact) mass is 305 g/mol. The van der Waals surface area contributed by atoms with E-state index in [-0.39, 0.29) is 16.4 Å². The highest BCUT2D eigenvalue weighted by Crippen LogP contribution is 2.35. The Morgan fingerprint density at radius 3 is 2.70 bits per heavy atom. The Labute approximate surface area is 115 Å². The van der Waals surface area contributed by atoms with Gasteiger partial charge in [-0.1, -0.05) is 16.8 Å². The molecule has 1 aromatic carbocycles. The molecule has 0 unspecified atom stereocenters. The van der Waals surface area contributed by atoms with Crippen LogP contribution < -0.4 is 0 Å². The largest absolute Gasteiger partial charge is 0.481 e. The van der Waals surface area contributed by atoms with Gasteiger partial charge in [0.2, 0.25) is 0 Å². The summed E-state index contributed by atoms with van der Waals surface area (Å²) in [5.41, 5.74) is -1.30. The minimum Gasteiger partial charge on any atom is -0.481 e. The predicted molar refractivity (Wildman–Crippen MR) is 62.7 cm³/mol. The highest BCUT2D eigenvalue weighted by Gasteiger charge is 2.35. The molecule has 9 heteroatoms. The van der Waals surface area contributed by atoms with Crippen molar-refractivity contribution < 1.29 is 23.1 Å². The lowest BCUT2D eigenvalue weighted by molar-refractivity contribution is -0.137. The lowest BCUT2D eigenvalue weighted by Crippen LogP contribution is -2.14. The maximum Gasteiger partial charge on any atom is 0.418 e. The number of alkyl halides is 3. The first kappa shape index (κ1) is 14.3. The molecule has 0 amide bonds. The standard InChI is InChI=1S/C11H7ClF3N3O2/c12-6-1-2-9(8(3-6)11(13,14)15)18-7(4-10(19)20)5-16-17-18/h1-3,5H,4H2,(H,19,20). The van der Waals surface area contributed by atoms with Gasteiger partial charge in [0.25, 0.3) is 0 Å². The van der Waals surface area contributed by atoms with E-state index in [1.165, 1.54) is 6.07 Å². The first-order chi connectivity index (χ1) is 9.29. The normalized spacial score (nSPS) is 11.6. The van der Waals surface area contributed by atoms with Crippen LogP contribution in [0.2, 0.25) is 5.02 Å². The number of halogens is 4. The first-order valence-corrected chi connectivity index (χ1v) is 5.65. The van der Waals surface area contributed by atoms with Crippen LogP contribution in [-0.2, 0) is 17.4 Å². The van der Waals surface area contributed by atoms with Gasteiger partial charge >= 0.3 is 12.1 Å². The maximum absolute atomic E-state index is 13.0. The van der Waals surface area contributed by atoms with Crippen LogP contribution in [0.15, 0.2) is 24.4 Å². The molecule has 0 aliphatic rings. The summed E-state index contributed by atoms with van der Waals surface area (Å²) in [4.78, 5) is 10.7. The second-order valence-corrected chi connectivity index (χ2v) is 4.30. The minimum atomic E-state index is -4.65. The molecule has 1 aromatic heterocycles. The Hall–Kier alpha value is -2.09. The summed E-state index contributed by atoms with van der Waals surface area (Å²) in [7, 11) is 0. The van der Waals surface area contributed by atoms with Gasteiger partial charge in [-0.05, 0) is 18.2 Å². The zero-order chi connectivity index (χ0) is 14.9. The van der Waals surface area contributed by atoms with Crippen LogP contribution in [-0.4, -0.2) is 26.1 Å². The predicted octanol–water partition coefficient (Wildman–Crippen LogP) is 2.57. The number of carboxylic acids is 1. The second-order valence-electron chi connectivity index (χ2n) is 3.87. The van der Waals surface area contributed by atoms with Crippen molar-refractivity contribution >= 4 is 17.6 Å². The van der Waals surface area contributed by atoms with E-state index in [0.717, 1.165) is 23.0 Å². The second kappa shape index (κ2) is 5.12. The van der Waals surface area contributed by atoms with E-state index in [1.807, 2.05) is 0 Å². The van der Waals surface area contributed by atoms with Crippen LogP contribution in [0.25, 0.3) is 5.69 Å².